The SMILES string of the molecule is CN(C)C(=O)C(CC1CCCCC1)C(=O)O. The average molecular weight is 227 g/mol. The molecule has 16 heavy (non-hydrogen) atoms. The fourth-order valence-corrected chi connectivity index (χ4v) is 2.38. The Bertz CT molecular complexity index is 257. The zero-order valence-corrected chi connectivity index (χ0v) is 10.1. The molecule has 0 bridgehead atoms. The van der Waals surface area contributed by atoms with E-state index in [2.05, 4.69) is 0 Å². The molecule has 1 aliphatic carbocycles. The van der Waals surface area contributed by atoms with E-state index in [9.17, 15) is 9.59 Å². The van der Waals surface area contributed by atoms with Crippen LogP contribution in [0.2, 0.25) is 0 Å². The first-order valence-electron chi connectivity index (χ1n) is 5.96. The van der Waals surface area contributed by atoms with Crippen molar-refractivity contribution in [1.29, 1.82) is 0 Å². The number of amides is 1. The minimum absolute atomic E-state index is 0.280. The Kier molecular flexibility index (Phi) is 4.77. The van der Waals surface area contributed by atoms with E-state index in [-0.39, 0.29) is 5.91 Å². The van der Waals surface area contributed by atoms with Crippen LogP contribution < -0.4 is 0 Å². The number of aliphatic carboxylic acids is 1. The van der Waals surface area contributed by atoms with Crippen molar-refractivity contribution >= 4 is 11.9 Å². The second-order valence-electron chi connectivity index (χ2n) is 4.86. The van der Waals surface area contributed by atoms with Gasteiger partial charge in [-0.15, -0.1) is 0 Å². The molecule has 4 nitrogen and oxygen atoms in total. The number of hydrogen-bond donors (Lipinski definition) is 1. The third kappa shape index (κ3) is 3.51. The van der Waals surface area contributed by atoms with Gasteiger partial charge in [-0.2, -0.15) is 0 Å². The molecule has 0 spiro atoms. The quantitative estimate of drug-likeness (QED) is 0.744. The molecule has 1 amide bonds. The highest BCUT2D eigenvalue weighted by molar-refractivity contribution is 5.96. The van der Waals surface area contributed by atoms with Crippen molar-refractivity contribution < 1.29 is 14.7 Å². The van der Waals surface area contributed by atoms with Crippen LogP contribution in [0.25, 0.3) is 0 Å². The van der Waals surface area contributed by atoms with Gasteiger partial charge in [0.15, 0.2) is 0 Å². The molecule has 0 radical (unpaired) electrons. The maximum absolute atomic E-state index is 11.7. The molecule has 0 heterocycles. The summed E-state index contributed by atoms with van der Waals surface area (Å²) in [5, 5.41) is 9.08. The summed E-state index contributed by atoms with van der Waals surface area (Å²) in [6, 6.07) is 0. The van der Waals surface area contributed by atoms with Crippen LogP contribution in [0.4, 0.5) is 0 Å². The zero-order valence-electron chi connectivity index (χ0n) is 10.1. The van der Waals surface area contributed by atoms with Gasteiger partial charge in [0.1, 0.15) is 5.92 Å². The van der Waals surface area contributed by atoms with Gasteiger partial charge >= 0.3 is 5.97 Å². The maximum atomic E-state index is 11.7. The van der Waals surface area contributed by atoms with Crippen LogP contribution in [0, 0.1) is 11.8 Å². The Morgan fingerprint density at radius 1 is 1.25 bits per heavy atom. The maximum Gasteiger partial charge on any atom is 0.316 e. The fourth-order valence-electron chi connectivity index (χ4n) is 2.38. The number of carbonyl (C=O) groups is 2. The van der Waals surface area contributed by atoms with E-state index in [4.69, 9.17) is 5.11 Å². The summed E-state index contributed by atoms with van der Waals surface area (Å²) in [5.41, 5.74) is 0. The first-order valence-corrected chi connectivity index (χ1v) is 5.96. The Balaban J connectivity index is 2.56. The summed E-state index contributed by atoms with van der Waals surface area (Å²) in [5.74, 6) is -1.70. The molecule has 4 heteroatoms. The minimum Gasteiger partial charge on any atom is -0.481 e. The van der Waals surface area contributed by atoms with Gasteiger partial charge in [-0.05, 0) is 12.3 Å². The van der Waals surface area contributed by atoms with E-state index in [1.807, 2.05) is 0 Å². The van der Waals surface area contributed by atoms with Crippen molar-refractivity contribution in [2.45, 2.75) is 38.5 Å². The summed E-state index contributed by atoms with van der Waals surface area (Å²) >= 11 is 0. The molecule has 0 saturated heterocycles. The monoisotopic (exact) mass is 227 g/mol. The fraction of sp³-hybridized carbons (Fsp3) is 0.833. The molecule has 1 unspecified atom stereocenters. The van der Waals surface area contributed by atoms with Gasteiger partial charge in [-0.25, -0.2) is 0 Å². The summed E-state index contributed by atoms with van der Waals surface area (Å²) < 4.78 is 0. The van der Waals surface area contributed by atoms with Crippen molar-refractivity contribution in [3.05, 3.63) is 0 Å². The van der Waals surface area contributed by atoms with Gasteiger partial charge in [-0.3, -0.25) is 9.59 Å². The number of hydrogen-bond acceptors (Lipinski definition) is 2. The smallest absolute Gasteiger partial charge is 0.316 e. The van der Waals surface area contributed by atoms with Crippen LogP contribution in [0.15, 0.2) is 0 Å². The Labute approximate surface area is 96.6 Å². The highest BCUT2D eigenvalue weighted by atomic mass is 16.4. The van der Waals surface area contributed by atoms with E-state index >= 15 is 0 Å². The Morgan fingerprint density at radius 3 is 2.25 bits per heavy atom. The second kappa shape index (κ2) is 5.87. The van der Waals surface area contributed by atoms with E-state index in [1.165, 1.54) is 24.2 Å². The lowest BCUT2D eigenvalue weighted by molar-refractivity contribution is -0.151. The van der Waals surface area contributed by atoms with Crippen molar-refractivity contribution in [2.75, 3.05) is 14.1 Å². The summed E-state index contributed by atoms with van der Waals surface area (Å²) in [4.78, 5) is 24.2. The van der Waals surface area contributed by atoms with Crippen molar-refractivity contribution in [3.8, 4) is 0 Å². The molecule has 92 valence electrons. The number of carboxylic acids is 1. The van der Waals surface area contributed by atoms with Crippen molar-refractivity contribution in [3.63, 3.8) is 0 Å². The van der Waals surface area contributed by atoms with E-state index < -0.39 is 11.9 Å². The Morgan fingerprint density at radius 2 is 1.81 bits per heavy atom. The van der Waals surface area contributed by atoms with Gasteiger partial charge in [-0.1, -0.05) is 32.1 Å². The topological polar surface area (TPSA) is 57.6 Å². The third-order valence-corrected chi connectivity index (χ3v) is 3.33. The normalized spacial score (nSPS) is 19.1. The Hall–Kier alpha value is -1.06. The number of nitrogens with zero attached hydrogens (tertiary/aromatic N) is 1. The lowest BCUT2D eigenvalue weighted by Gasteiger charge is -2.25. The second-order valence-corrected chi connectivity index (χ2v) is 4.86. The largest absolute Gasteiger partial charge is 0.481 e. The van der Waals surface area contributed by atoms with Crippen LogP contribution in [0.5, 0.6) is 0 Å². The molecule has 0 aliphatic heterocycles. The van der Waals surface area contributed by atoms with Crippen LogP contribution in [-0.2, 0) is 9.59 Å². The average Bonchev–Trinajstić information content (AvgIpc) is 2.26. The first-order chi connectivity index (χ1) is 7.52. The molecule has 0 aromatic rings. The van der Waals surface area contributed by atoms with Crippen LogP contribution in [0.3, 0.4) is 0 Å². The molecule has 1 N–H and O–H groups in total. The van der Waals surface area contributed by atoms with E-state index in [0.29, 0.717) is 12.3 Å². The molecule has 1 fully saturated rings. The number of carboxylic acid groups (broad SMARTS) is 1. The molecule has 1 aliphatic rings. The van der Waals surface area contributed by atoms with Gasteiger partial charge < -0.3 is 10.0 Å². The molecular weight excluding hydrogens is 206 g/mol. The molecule has 1 atom stereocenters. The summed E-state index contributed by atoms with van der Waals surface area (Å²) in [6.07, 6.45) is 6.25. The lowest BCUT2D eigenvalue weighted by Crippen LogP contribution is -2.36. The van der Waals surface area contributed by atoms with Gasteiger partial charge in [0.2, 0.25) is 5.91 Å². The van der Waals surface area contributed by atoms with Crippen LogP contribution in [-0.4, -0.2) is 36.0 Å². The van der Waals surface area contributed by atoms with Crippen molar-refractivity contribution in [1.82, 2.24) is 4.90 Å². The summed E-state index contributed by atoms with van der Waals surface area (Å²) in [7, 11) is 3.22. The molecule has 0 aromatic heterocycles. The third-order valence-electron chi connectivity index (χ3n) is 3.33. The zero-order chi connectivity index (χ0) is 12.1. The predicted molar refractivity (Wildman–Crippen MR) is 61.0 cm³/mol. The minimum atomic E-state index is -0.982. The van der Waals surface area contributed by atoms with Gasteiger partial charge in [0, 0.05) is 14.1 Å². The van der Waals surface area contributed by atoms with Crippen molar-refractivity contribution in [2.24, 2.45) is 11.8 Å². The van der Waals surface area contributed by atoms with E-state index in [1.54, 1.807) is 14.1 Å². The molecule has 0 aromatic carbocycles. The molecule has 1 saturated carbocycles. The predicted octanol–water partition coefficient (Wildman–Crippen LogP) is 1.75. The van der Waals surface area contributed by atoms with Gasteiger partial charge in [0.25, 0.3) is 0 Å². The molecular formula is C12H21NO3. The van der Waals surface area contributed by atoms with Gasteiger partial charge in [0.05, 0.1) is 0 Å². The van der Waals surface area contributed by atoms with Crippen LogP contribution in [0.1, 0.15) is 38.5 Å². The highest BCUT2D eigenvalue weighted by Gasteiger charge is 2.30. The highest BCUT2D eigenvalue weighted by Crippen LogP contribution is 2.29. The number of rotatable bonds is 4. The van der Waals surface area contributed by atoms with Crippen LogP contribution >= 0.6 is 0 Å². The first kappa shape index (κ1) is 13.0. The van der Waals surface area contributed by atoms with E-state index in [0.717, 1.165) is 12.8 Å². The molecule has 1 rings (SSSR count). The summed E-state index contributed by atoms with van der Waals surface area (Å²) in [6.45, 7) is 0. The standard InChI is InChI=1S/C12H21NO3/c1-13(2)11(14)10(12(15)16)8-9-6-4-3-5-7-9/h9-10H,3-8H2,1-2H3,(H,15,16). The lowest BCUT2D eigenvalue weighted by atomic mass is 9.82. The number of carbonyl (C=O) groups excluding carboxylic acids is 1.